The standard InChI is InChI=1S/C27H25F3N6O3/c1-3-38-11-12-39-26-20(5-4-10-31-26)23-32-14-19-13-22(37)36(25(19)34-23)15-17-6-8-18(9-7-17)24-33-21(16-35(24)2)27(28,29)30/h4-10,14,16H,3,11-13,15H2,1-2H3. The zero-order valence-electron chi connectivity index (χ0n) is 21.3. The van der Waals surface area contributed by atoms with Gasteiger partial charge in [0.1, 0.15) is 18.2 Å². The van der Waals surface area contributed by atoms with Crippen LogP contribution < -0.4 is 9.64 Å². The van der Waals surface area contributed by atoms with Crippen molar-refractivity contribution >= 4 is 11.7 Å². The minimum atomic E-state index is -4.52. The van der Waals surface area contributed by atoms with E-state index < -0.39 is 11.9 Å². The van der Waals surface area contributed by atoms with Gasteiger partial charge in [0, 0.05) is 43.4 Å². The number of ether oxygens (including phenoxy) is 2. The summed E-state index contributed by atoms with van der Waals surface area (Å²) in [7, 11) is 1.51. The molecule has 39 heavy (non-hydrogen) atoms. The van der Waals surface area contributed by atoms with E-state index in [4.69, 9.17) is 9.47 Å². The van der Waals surface area contributed by atoms with Gasteiger partial charge in [0.25, 0.3) is 0 Å². The number of amides is 1. The molecule has 4 aromatic rings. The highest BCUT2D eigenvalue weighted by atomic mass is 19.4. The number of aromatic nitrogens is 5. The van der Waals surface area contributed by atoms with Gasteiger partial charge in [-0.05, 0) is 24.6 Å². The molecule has 0 fully saturated rings. The maximum Gasteiger partial charge on any atom is 0.434 e. The number of carbonyl (C=O) groups excluding carboxylic acids is 1. The van der Waals surface area contributed by atoms with Crippen LogP contribution in [0.25, 0.3) is 22.8 Å². The van der Waals surface area contributed by atoms with Crippen molar-refractivity contribution in [1.82, 2.24) is 24.5 Å². The number of pyridine rings is 1. The van der Waals surface area contributed by atoms with Crippen LogP contribution in [0.1, 0.15) is 23.7 Å². The Morgan fingerprint density at radius 2 is 1.85 bits per heavy atom. The Labute approximate surface area is 222 Å². The van der Waals surface area contributed by atoms with Crippen molar-refractivity contribution in [2.45, 2.75) is 26.1 Å². The molecule has 1 amide bonds. The molecule has 1 aromatic carbocycles. The molecule has 9 nitrogen and oxygen atoms in total. The summed E-state index contributed by atoms with van der Waals surface area (Å²) >= 11 is 0. The second-order valence-electron chi connectivity index (χ2n) is 8.86. The topological polar surface area (TPSA) is 95.3 Å². The van der Waals surface area contributed by atoms with E-state index in [1.54, 1.807) is 53.7 Å². The summed E-state index contributed by atoms with van der Waals surface area (Å²) in [5.41, 5.74) is 1.66. The molecule has 0 radical (unpaired) electrons. The average molecular weight is 539 g/mol. The van der Waals surface area contributed by atoms with E-state index in [2.05, 4.69) is 19.9 Å². The third-order valence-corrected chi connectivity index (χ3v) is 6.14. The molecule has 0 N–H and O–H groups in total. The number of carbonyl (C=O) groups is 1. The lowest BCUT2D eigenvalue weighted by Gasteiger charge is -2.17. The largest absolute Gasteiger partial charge is 0.475 e. The molecule has 0 saturated heterocycles. The van der Waals surface area contributed by atoms with E-state index in [1.807, 2.05) is 6.92 Å². The second-order valence-corrected chi connectivity index (χ2v) is 8.86. The van der Waals surface area contributed by atoms with Gasteiger partial charge in [-0.2, -0.15) is 13.2 Å². The van der Waals surface area contributed by atoms with Crippen molar-refractivity contribution in [3.63, 3.8) is 0 Å². The van der Waals surface area contributed by atoms with Crippen LogP contribution in [-0.2, 0) is 35.7 Å². The van der Waals surface area contributed by atoms with Gasteiger partial charge in [-0.3, -0.25) is 9.69 Å². The van der Waals surface area contributed by atoms with Gasteiger partial charge in [0.05, 0.1) is 25.1 Å². The van der Waals surface area contributed by atoms with Crippen LogP contribution in [0, 0.1) is 0 Å². The number of fused-ring (bicyclic) bond motifs is 1. The van der Waals surface area contributed by atoms with E-state index >= 15 is 0 Å². The Hall–Kier alpha value is -4.32. The number of rotatable bonds is 9. The van der Waals surface area contributed by atoms with Gasteiger partial charge in [0.15, 0.2) is 11.5 Å². The zero-order chi connectivity index (χ0) is 27.6. The molecule has 3 aromatic heterocycles. The third-order valence-electron chi connectivity index (χ3n) is 6.14. The van der Waals surface area contributed by atoms with Crippen molar-refractivity contribution in [1.29, 1.82) is 0 Å². The minimum Gasteiger partial charge on any atom is -0.475 e. The molecule has 1 aliphatic rings. The van der Waals surface area contributed by atoms with Crippen molar-refractivity contribution in [2.75, 3.05) is 24.7 Å². The Kier molecular flexibility index (Phi) is 7.29. The Morgan fingerprint density at radius 1 is 1.05 bits per heavy atom. The highest BCUT2D eigenvalue weighted by Crippen LogP contribution is 2.33. The number of halogens is 3. The first kappa shape index (κ1) is 26.3. The molecule has 0 unspecified atom stereocenters. The lowest BCUT2D eigenvalue weighted by atomic mass is 10.1. The predicted octanol–water partition coefficient (Wildman–Crippen LogP) is 4.46. The second kappa shape index (κ2) is 10.8. The highest BCUT2D eigenvalue weighted by molar-refractivity contribution is 6.00. The van der Waals surface area contributed by atoms with Gasteiger partial charge < -0.3 is 14.0 Å². The number of alkyl halides is 3. The summed E-state index contributed by atoms with van der Waals surface area (Å²) in [6.45, 7) is 3.46. The zero-order valence-corrected chi connectivity index (χ0v) is 21.3. The first-order chi connectivity index (χ1) is 18.7. The first-order valence-corrected chi connectivity index (χ1v) is 12.3. The summed E-state index contributed by atoms with van der Waals surface area (Å²) in [6.07, 6.45) is -0.146. The number of anilines is 1. The van der Waals surface area contributed by atoms with E-state index in [0.717, 1.165) is 11.8 Å². The van der Waals surface area contributed by atoms with E-state index in [9.17, 15) is 18.0 Å². The molecule has 0 spiro atoms. The summed E-state index contributed by atoms with van der Waals surface area (Å²) in [6, 6.07) is 10.4. The Balaban J connectivity index is 1.36. The number of hydrogen-bond acceptors (Lipinski definition) is 7. The smallest absolute Gasteiger partial charge is 0.434 e. The molecule has 12 heteroatoms. The predicted molar refractivity (Wildman–Crippen MR) is 136 cm³/mol. The molecule has 0 aliphatic carbocycles. The first-order valence-electron chi connectivity index (χ1n) is 12.3. The SMILES string of the molecule is CCOCCOc1ncccc1-c1ncc2c(n1)N(Cc1ccc(-c3nc(C(F)(F)F)cn3C)cc1)C(=O)C2. The quantitative estimate of drug-likeness (QED) is 0.290. The Bertz CT molecular complexity index is 1490. The molecule has 5 rings (SSSR count). The molecular weight excluding hydrogens is 513 g/mol. The van der Waals surface area contributed by atoms with Gasteiger partial charge in [-0.15, -0.1) is 0 Å². The molecule has 202 valence electrons. The van der Waals surface area contributed by atoms with Gasteiger partial charge in [-0.1, -0.05) is 24.3 Å². The van der Waals surface area contributed by atoms with Crippen LogP contribution in [0.4, 0.5) is 19.0 Å². The number of imidazole rings is 1. The van der Waals surface area contributed by atoms with Crippen LogP contribution in [-0.4, -0.2) is 50.2 Å². The molecule has 0 atom stereocenters. The monoisotopic (exact) mass is 538 g/mol. The number of hydrogen-bond donors (Lipinski definition) is 0. The number of aryl methyl sites for hydroxylation is 1. The molecule has 4 heterocycles. The average Bonchev–Trinajstić information content (AvgIpc) is 3.46. The van der Waals surface area contributed by atoms with E-state index in [-0.39, 0.29) is 24.7 Å². The van der Waals surface area contributed by atoms with Crippen molar-refractivity contribution < 1.29 is 27.4 Å². The number of benzene rings is 1. The molecule has 1 aliphatic heterocycles. The van der Waals surface area contributed by atoms with Gasteiger partial charge in [-0.25, -0.2) is 19.9 Å². The van der Waals surface area contributed by atoms with Crippen LogP contribution in [0.2, 0.25) is 0 Å². The number of nitrogens with zero attached hydrogens (tertiary/aromatic N) is 6. The molecule has 0 saturated carbocycles. The third kappa shape index (κ3) is 5.60. The van der Waals surface area contributed by atoms with Gasteiger partial charge in [0.2, 0.25) is 11.8 Å². The Morgan fingerprint density at radius 3 is 2.56 bits per heavy atom. The maximum absolute atomic E-state index is 13.0. The van der Waals surface area contributed by atoms with Crippen LogP contribution in [0.5, 0.6) is 5.88 Å². The fourth-order valence-electron chi connectivity index (χ4n) is 4.26. The molecular formula is C27H25F3N6O3. The van der Waals surface area contributed by atoms with Crippen molar-refractivity contribution in [2.24, 2.45) is 7.05 Å². The fourth-order valence-corrected chi connectivity index (χ4v) is 4.26. The summed E-state index contributed by atoms with van der Waals surface area (Å²) < 4.78 is 51.6. The maximum atomic E-state index is 13.0. The normalized spacial score (nSPS) is 13.2. The van der Waals surface area contributed by atoms with Crippen LogP contribution in [0.3, 0.4) is 0 Å². The summed E-state index contributed by atoms with van der Waals surface area (Å²) in [5, 5.41) is 0. The summed E-state index contributed by atoms with van der Waals surface area (Å²) in [4.78, 5) is 31.6. The highest BCUT2D eigenvalue weighted by Gasteiger charge is 2.34. The van der Waals surface area contributed by atoms with Crippen LogP contribution >= 0.6 is 0 Å². The molecule has 0 bridgehead atoms. The van der Waals surface area contributed by atoms with E-state index in [1.165, 1.54) is 11.6 Å². The fraction of sp³-hybridized carbons (Fsp3) is 0.296. The lowest BCUT2D eigenvalue weighted by molar-refractivity contribution is -0.140. The van der Waals surface area contributed by atoms with Crippen LogP contribution in [0.15, 0.2) is 55.0 Å². The van der Waals surface area contributed by atoms with Gasteiger partial charge >= 0.3 is 6.18 Å². The van der Waals surface area contributed by atoms with Crippen molar-refractivity contribution in [3.05, 3.63) is 71.8 Å². The van der Waals surface area contributed by atoms with Crippen molar-refractivity contribution in [3.8, 4) is 28.7 Å². The minimum absolute atomic E-state index is 0.126. The lowest BCUT2D eigenvalue weighted by Crippen LogP contribution is -2.26. The van der Waals surface area contributed by atoms with E-state index in [0.29, 0.717) is 54.0 Å². The summed E-state index contributed by atoms with van der Waals surface area (Å²) in [5.74, 6) is 1.31.